The van der Waals surface area contributed by atoms with Gasteiger partial charge in [0.1, 0.15) is 30.2 Å². The molecule has 0 radical (unpaired) electrons. The number of epoxide rings is 1. The molecular weight excluding hydrogens is 624 g/mol. The van der Waals surface area contributed by atoms with Gasteiger partial charge in [-0.3, -0.25) is 9.59 Å². The van der Waals surface area contributed by atoms with Gasteiger partial charge in [-0.05, 0) is 57.4 Å². The molecule has 2 saturated carbocycles. The van der Waals surface area contributed by atoms with Crippen molar-refractivity contribution >= 4 is 17.7 Å². The predicted molar refractivity (Wildman–Crippen MR) is 166 cm³/mol. The zero-order valence-electron chi connectivity index (χ0n) is 28.3. The zero-order valence-corrected chi connectivity index (χ0v) is 28.3. The second-order valence-electron chi connectivity index (χ2n) is 16.2. The molecular formula is C36H50O12. The van der Waals surface area contributed by atoms with E-state index in [1.165, 1.54) is 6.26 Å². The van der Waals surface area contributed by atoms with Crippen LogP contribution < -0.4 is 0 Å². The van der Waals surface area contributed by atoms with Crippen molar-refractivity contribution in [2.45, 2.75) is 127 Å². The number of hydrogen-bond acceptors (Lipinski definition) is 12. The summed E-state index contributed by atoms with van der Waals surface area (Å²) in [6.07, 6.45) is 1.96. The monoisotopic (exact) mass is 674 g/mol. The molecule has 48 heavy (non-hydrogen) atoms. The van der Waals surface area contributed by atoms with Crippen LogP contribution in [0.4, 0.5) is 0 Å². The molecule has 2 spiro atoms. The Morgan fingerprint density at radius 3 is 2.48 bits per heavy atom. The minimum Gasteiger partial charge on any atom is -0.469 e. The molecule has 2 aliphatic carbocycles. The highest BCUT2D eigenvalue weighted by Crippen LogP contribution is 2.80. The fourth-order valence-electron chi connectivity index (χ4n) is 11.5. The quantitative estimate of drug-likeness (QED) is 0.153. The third-order valence-electron chi connectivity index (χ3n) is 13.6. The number of rotatable bonds is 11. The first-order valence-electron chi connectivity index (χ1n) is 17.6. The molecule has 1 aromatic rings. The van der Waals surface area contributed by atoms with Crippen LogP contribution in [0.2, 0.25) is 0 Å². The Kier molecular flexibility index (Phi) is 8.24. The molecule has 4 aliphatic heterocycles. The summed E-state index contributed by atoms with van der Waals surface area (Å²) in [7, 11) is 0. The zero-order chi connectivity index (χ0) is 34.4. The van der Waals surface area contributed by atoms with Crippen LogP contribution in [0.1, 0.15) is 96.5 Å². The average molecular weight is 675 g/mol. The van der Waals surface area contributed by atoms with E-state index in [4.69, 9.17) is 28.5 Å². The van der Waals surface area contributed by atoms with E-state index in [0.717, 1.165) is 19.3 Å². The molecule has 6 fully saturated rings. The normalized spacial score (nSPS) is 43.5. The SMILES string of the molecule is CC1(C)O[C@H]2CC(=O)OC[C@@]23[C@@H]1C(=O)[C@@H](O)[C@]1(C)[C@@H]3CC[C@@]2(C)[C@H](c3ccoc3C[C@H](CCCCCCO)[C@H](O)CO)OC(=O)[C@H]3O[C@@]312. The first-order valence-corrected chi connectivity index (χ1v) is 17.6. The van der Waals surface area contributed by atoms with E-state index in [0.29, 0.717) is 43.4 Å². The Balaban J connectivity index is 1.25. The summed E-state index contributed by atoms with van der Waals surface area (Å²) in [6.45, 7) is 7.25. The summed E-state index contributed by atoms with van der Waals surface area (Å²) < 4.78 is 30.9. The minimum absolute atomic E-state index is 0.00486. The number of ketones is 1. The number of hydrogen-bond donors (Lipinski definition) is 4. The van der Waals surface area contributed by atoms with E-state index >= 15 is 0 Å². The van der Waals surface area contributed by atoms with Crippen molar-refractivity contribution in [2.24, 2.45) is 34.0 Å². The van der Waals surface area contributed by atoms with Gasteiger partial charge >= 0.3 is 11.9 Å². The first-order chi connectivity index (χ1) is 22.7. The van der Waals surface area contributed by atoms with Gasteiger partial charge in [0, 0.05) is 34.8 Å². The van der Waals surface area contributed by atoms with Crippen LogP contribution in [0.25, 0.3) is 0 Å². The van der Waals surface area contributed by atoms with E-state index in [-0.39, 0.29) is 43.2 Å². The number of carbonyl (C=O) groups is 3. The molecule has 6 aliphatic rings. The van der Waals surface area contributed by atoms with E-state index in [2.05, 4.69) is 0 Å². The topological polar surface area (TPSA) is 185 Å². The van der Waals surface area contributed by atoms with Crippen molar-refractivity contribution < 1.29 is 58.2 Å². The standard InChI is InChI=1S/C36H50O12/c1-32(2)27-26(41)28(42)34(4)23(35(27)18-45-25(40)16-24(35)47-32)10-12-33(3)29(46-31(43)30-36(33,34)48-30)20-11-14-44-22(20)15-19(21(39)17-38)9-7-5-6-8-13-37/h11,14,19,21,23-24,27-30,37-39,42H,5-10,12-13,15-18H2,1-4H3/t19-,21+,23-,24-,27+,28+,29-,30+,33-,34-,35-,36+/m0/s1. The van der Waals surface area contributed by atoms with Crippen molar-refractivity contribution in [3.8, 4) is 0 Å². The van der Waals surface area contributed by atoms with Gasteiger partial charge in [0.25, 0.3) is 0 Å². The molecule has 0 unspecified atom stereocenters. The molecule has 4 N–H and O–H groups in total. The van der Waals surface area contributed by atoms with Crippen LogP contribution in [-0.4, -0.2) is 93.6 Å². The molecule has 12 heteroatoms. The Morgan fingerprint density at radius 1 is 1.00 bits per heavy atom. The van der Waals surface area contributed by atoms with Crippen LogP contribution in [0, 0.1) is 34.0 Å². The van der Waals surface area contributed by atoms with E-state index in [1.807, 2.05) is 27.7 Å². The van der Waals surface area contributed by atoms with Crippen LogP contribution in [0.5, 0.6) is 0 Å². The van der Waals surface area contributed by atoms with Gasteiger partial charge < -0.3 is 43.8 Å². The predicted octanol–water partition coefficient (Wildman–Crippen LogP) is 2.56. The third kappa shape index (κ3) is 4.38. The molecule has 0 bridgehead atoms. The van der Waals surface area contributed by atoms with Gasteiger partial charge in [0.05, 0.1) is 43.0 Å². The number of aliphatic hydroxyl groups excluding tert-OH is 4. The minimum atomic E-state index is -1.47. The molecule has 5 heterocycles. The molecule has 4 saturated heterocycles. The van der Waals surface area contributed by atoms with Crippen molar-refractivity contribution in [3.05, 3.63) is 23.7 Å². The fraction of sp³-hybridized carbons (Fsp3) is 0.806. The van der Waals surface area contributed by atoms with Crippen LogP contribution in [-0.2, 0) is 39.8 Å². The third-order valence-corrected chi connectivity index (χ3v) is 13.6. The van der Waals surface area contributed by atoms with Crippen molar-refractivity contribution in [2.75, 3.05) is 19.8 Å². The number of esters is 2. The number of furan rings is 1. The number of carbonyl (C=O) groups excluding carboxylic acids is 3. The Bertz CT molecular complexity index is 1450. The number of Topliss-reactive ketones (excluding diaryl/α,β-unsaturated/α-hetero) is 1. The smallest absolute Gasteiger partial charge is 0.339 e. The molecule has 266 valence electrons. The maximum atomic E-state index is 14.4. The molecule has 0 amide bonds. The number of fused-ring (bicyclic) bond motifs is 1. The molecule has 7 rings (SSSR count). The lowest BCUT2D eigenvalue weighted by Gasteiger charge is -2.66. The molecule has 1 aromatic heterocycles. The van der Waals surface area contributed by atoms with Crippen molar-refractivity contribution in [3.63, 3.8) is 0 Å². The summed E-state index contributed by atoms with van der Waals surface area (Å²) in [5.74, 6) is -2.20. The highest BCUT2D eigenvalue weighted by Gasteiger charge is 2.90. The first kappa shape index (κ1) is 34.1. The Hall–Kier alpha value is -2.35. The highest BCUT2D eigenvalue weighted by molar-refractivity contribution is 5.92. The number of unbranched alkanes of at least 4 members (excludes halogenated alkanes) is 3. The van der Waals surface area contributed by atoms with Gasteiger partial charge in [-0.15, -0.1) is 0 Å². The lowest BCUT2D eigenvalue weighted by Crippen LogP contribution is -2.76. The van der Waals surface area contributed by atoms with Gasteiger partial charge in [0.2, 0.25) is 0 Å². The van der Waals surface area contributed by atoms with Crippen LogP contribution in [0.15, 0.2) is 16.7 Å². The van der Waals surface area contributed by atoms with Crippen LogP contribution >= 0.6 is 0 Å². The van der Waals surface area contributed by atoms with Crippen molar-refractivity contribution in [1.29, 1.82) is 0 Å². The maximum absolute atomic E-state index is 14.4. The Labute approximate surface area is 280 Å². The maximum Gasteiger partial charge on any atom is 0.339 e. The van der Waals surface area contributed by atoms with E-state index in [1.54, 1.807) is 6.07 Å². The lowest BCUT2D eigenvalue weighted by molar-refractivity contribution is -0.252. The lowest BCUT2D eigenvalue weighted by atomic mass is 9.36. The second kappa shape index (κ2) is 11.6. The number of aliphatic hydroxyl groups is 4. The van der Waals surface area contributed by atoms with Gasteiger partial charge in [0.15, 0.2) is 11.9 Å². The van der Waals surface area contributed by atoms with Gasteiger partial charge in [-0.2, -0.15) is 0 Å². The van der Waals surface area contributed by atoms with Gasteiger partial charge in [-0.25, -0.2) is 4.79 Å². The largest absolute Gasteiger partial charge is 0.469 e. The van der Waals surface area contributed by atoms with Crippen LogP contribution in [0.3, 0.4) is 0 Å². The fourth-order valence-corrected chi connectivity index (χ4v) is 11.5. The van der Waals surface area contributed by atoms with Gasteiger partial charge in [-0.1, -0.05) is 33.1 Å². The van der Waals surface area contributed by atoms with Crippen molar-refractivity contribution in [1.82, 2.24) is 0 Å². The highest BCUT2D eigenvalue weighted by atomic mass is 16.7. The Morgan fingerprint density at radius 2 is 1.75 bits per heavy atom. The second-order valence-corrected chi connectivity index (χ2v) is 16.2. The number of ether oxygens (including phenoxy) is 4. The van der Waals surface area contributed by atoms with E-state index < -0.39 is 76.5 Å². The molecule has 12 atom stereocenters. The van der Waals surface area contributed by atoms with E-state index in [9.17, 15) is 29.7 Å². The summed E-state index contributed by atoms with van der Waals surface area (Å²) >= 11 is 0. The summed E-state index contributed by atoms with van der Waals surface area (Å²) in [4.78, 5) is 40.8. The number of cyclic esters (lactones) is 2. The summed E-state index contributed by atoms with van der Waals surface area (Å²) in [5, 5.41) is 41.9. The molecule has 0 aromatic carbocycles. The summed E-state index contributed by atoms with van der Waals surface area (Å²) in [5.41, 5.74) is -4.58. The average Bonchev–Trinajstić information content (AvgIpc) is 3.60. The summed E-state index contributed by atoms with van der Waals surface area (Å²) in [6, 6.07) is 1.77. The molecule has 12 nitrogen and oxygen atoms in total.